The standard InChI is InChI=1S/C20H21N5OS/c1-26-14-13-25-19(18(23-20(25)27)15-7-2-4-10-21-15)16-8-6-12-24(16)17-9-3-5-11-22-17/h2-12,18-19H,13-14H2,1H3,(H,23,27)/t18-,19-/m1/s1. The van der Waals surface area contributed by atoms with Gasteiger partial charge in [0.05, 0.1) is 24.4 Å². The highest BCUT2D eigenvalue weighted by Gasteiger charge is 2.41. The molecule has 0 aromatic carbocycles. The van der Waals surface area contributed by atoms with Gasteiger partial charge < -0.3 is 19.5 Å². The maximum atomic E-state index is 5.65. The Kier molecular flexibility index (Phi) is 5.13. The van der Waals surface area contributed by atoms with E-state index in [0.717, 1.165) is 17.2 Å². The largest absolute Gasteiger partial charge is 0.383 e. The molecular weight excluding hydrogens is 358 g/mol. The maximum Gasteiger partial charge on any atom is 0.170 e. The molecule has 0 unspecified atom stereocenters. The van der Waals surface area contributed by atoms with E-state index in [2.05, 4.69) is 30.8 Å². The molecule has 0 saturated carbocycles. The fourth-order valence-corrected chi connectivity index (χ4v) is 3.83. The molecule has 0 spiro atoms. The molecule has 4 heterocycles. The number of rotatable bonds is 6. The van der Waals surface area contributed by atoms with Crippen molar-refractivity contribution in [2.75, 3.05) is 20.3 Å². The van der Waals surface area contributed by atoms with E-state index in [1.165, 1.54) is 0 Å². The summed E-state index contributed by atoms with van der Waals surface area (Å²) in [5.41, 5.74) is 2.06. The van der Waals surface area contributed by atoms with Crippen molar-refractivity contribution >= 4 is 17.3 Å². The Morgan fingerprint density at radius 2 is 1.89 bits per heavy atom. The normalized spacial score (nSPS) is 19.3. The molecule has 1 aliphatic rings. The minimum Gasteiger partial charge on any atom is -0.383 e. The van der Waals surface area contributed by atoms with Gasteiger partial charge in [-0.2, -0.15) is 0 Å². The van der Waals surface area contributed by atoms with Gasteiger partial charge in [-0.05, 0) is 48.6 Å². The van der Waals surface area contributed by atoms with Crippen LogP contribution in [0.5, 0.6) is 0 Å². The summed E-state index contributed by atoms with van der Waals surface area (Å²) in [5.74, 6) is 0.877. The lowest BCUT2D eigenvalue weighted by molar-refractivity contribution is 0.163. The molecule has 1 fully saturated rings. The van der Waals surface area contributed by atoms with Gasteiger partial charge in [-0.3, -0.25) is 4.98 Å². The third-order valence-corrected chi connectivity index (χ3v) is 5.07. The zero-order valence-electron chi connectivity index (χ0n) is 15.0. The number of ether oxygens (including phenoxy) is 1. The van der Waals surface area contributed by atoms with Crippen LogP contribution >= 0.6 is 12.2 Å². The van der Waals surface area contributed by atoms with Crippen LogP contribution in [0, 0.1) is 0 Å². The molecule has 0 bridgehead atoms. The first-order valence-electron chi connectivity index (χ1n) is 8.85. The van der Waals surface area contributed by atoms with E-state index in [1.807, 2.05) is 54.9 Å². The van der Waals surface area contributed by atoms with Gasteiger partial charge in [-0.1, -0.05) is 12.1 Å². The van der Waals surface area contributed by atoms with Gasteiger partial charge in [-0.15, -0.1) is 0 Å². The van der Waals surface area contributed by atoms with Crippen LogP contribution in [-0.2, 0) is 4.74 Å². The van der Waals surface area contributed by atoms with Crippen molar-refractivity contribution in [3.05, 3.63) is 78.5 Å². The molecule has 0 amide bonds. The fourth-order valence-electron chi connectivity index (χ4n) is 3.50. The Balaban J connectivity index is 1.78. The highest BCUT2D eigenvalue weighted by Crippen LogP contribution is 2.39. The third-order valence-electron chi connectivity index (χ3n) is 4.71. The van der Waals surface area contributed by atoms with Crippen LogP contribution in [0.15, 0.2) is 67.1 Å². The Bertz CT molecular complexity index is 899. The summed E-state index contributed by atoms with van der Waals surface area (Å²) in [6.45, 7) is 1.29. The number of hydrogen-bond acceptors (Lipinski definition) is 4. The van der Waals surface area contributed by atoms with Crippen LogP contribution in [0.4, 0.5) is 0 Å². The van der Waals surface area contributed by atoms with E-state index in [1.54, 1.807) is 13.3 Å². The van der Waals surface area contributed by atoms with E-state index in [-0.39, 0.29) is 12.1 Å². The molecule has 0 radical (unpaired) electrons. The molecule has 3 aromatic heterocycles. The highest BCUT2D eigenvalue weighted by molar-refractivity contribution is 7.80. The summed E-state index contributed by atoms with van der Waals surface area (Å²) >= 11 is 5.65. The van der Waals surface area contributed by atoms with Crippen LogP contribution < -0.4 is 5.32 Å². The van der Waals surface area contributed by atoms with Crippen molar-refractivity contribution in [3.8, 4) is 5.82 Å². The topological polar surface area (TPSA) is 55.2 Å². The second-order valence-corrected chi connectivity index (χ2v) is 6.69. The summed E-state index contributed by atoms with van der Waals surface area (Å²) < 4.78 is 7.42. The Hall–Kier alpha value is -2.77. The van der Waals surface area contributed by atoms with Gasteiger partial charge in [0.1, 0.15) is 5.82 Å². The van der Waals surface area contributed by atoms with Gasteiger partial charge in [0.15, 0.2) is 5.11 Å². The minimum absolute atomic E-state index is 0.0143. The predicted octanol–water partition coefficient (Wildman–Crippen LogP) is 2.89. The average molecular weight is 379 g/mol. The Morgan fingerprint density at radius 1 is 1.07 bits per heavy atom. The number of thiocarbonyl (C=S) groups is 1. The summed E-state index contributed by atoms with van der Waals surface area (Å²) in [7, 11) is 1.70. The van der Waals surface area contributed by atoms with E-state index in [9.17, 15) is 0 Å². The van der Waals surface area contributed by atoms with Crippen molar-refractivity contribution in [1.29, 1.82) is 0 Å². The first-order chi connectivity index (χ1) is 13.3. The molecule has 4 rings (SSSR count). The molecule has 1 saturated heterocycles. The molecule has 3 aromatic rings. The molecule has 138 valence electrons. The predicted molar refractivity (Wildman–Crippen MR) is 108 cm³/mol. The van der Waals surface area contributed by atoms with Crippen LogP contribution in [0.1, 0.15) is 23.5 Å². The SMILES string of the molecule is COCCN1C(=S)N[C@H](c2ccccn2)[C@H]1c1cccn1-c1ccccn1. The van der Waals surface area contributed by atoms with Crippen molar-refractivity contribution in [2.45, 2.75) is 12.1 Å². The second kappa shape index (κ2) is 7.85. The number of hydrogen-bond donors (Lipinski definition) is 1. The molecule has 1 aliphatic heterocycles. The third kappa shape index (κ3) is 3.43. The molecule has 6 nitrogen and oxygen atoms in total. The maximum absolute atomic E-state index is 5.65. The first-order valence-corrected chi connectivity index (χ1v) is 9.26. The van der Waals surface area contributed by atoms with E-state index < -0.39 is 0 Å². The molecule has 0 aliphatic carbocycles. The van der Waals surface area contributed by atoms with Crippen molar-refractivity contribution in [3.63, 3.8) is 0 Å². The quantitative estimate of drug-likeness (QED) is 0.665. The van der Waals surface area contributed by atoms with Crippen LogP contribution in [-0.4, -0.2) is 44.8 Å². The number of nitrogens with zero attached hydrogens (tertiary/aromatic N) is 4. The zero-order valence-corrected chi connectivity index (χ0v) is 15.8. The highest BCUT2D eigenvalue weighted by atomic mass is 32.1. The summed E-state index contributed by atoms with van der Waals surface area (Å²) in [5, 5.41) is 4.16. The second-order valence-electron chi connectivity index (χ2n) is 6.30. The van der Waals surface area contributed by atoms with E-state index in [0.29, 0.717) is 18.3 Å². The van der Waals surface area contributed by atoms with Gasteiger partial charge in [0, 0.05) is 37.9 Å². The number of aromatic nitrogens is 3. The lowest BCUT2D eigenvalue weighted by Crippen LogP contribution is -2.33. The van der Waals surface area contributed by atoms with Crippen molar-refractivity contribution in [2.24, 2.45) is 0 Å². The average Bonchev–Trinajstić information content (AvgIpc) is 3.32. The van der Waals surface area contributed by atoms with Gasteiger partial charge in [0.2, 0.25) is 0 Å². The number of nitrogens with one attached hydrogen (secondary N) is 1. The number of methoxy groups -OCH3 is 1. The Morgan fingerprint density at radius 3 is 2.59 bits per heavy atom. The lowest BCUT2D eigenvalue weighted by Gasteiger charge is -2.28. The molecule has 7 heteroatoms. The van der Waals surface area contributed by atoms with Crippen LogP contribution in [0.2, 0.25) is 0 Å². The monoisotopic (exact) mass is 379 g/mol. The smallest absolute Gasteiger partial charge is 0.170 e. The van der Waals surface area contributed by atoms with Gasteiger partial charge >= 0.3 is 0 Å². The van der Waals surface area contributed by atoms with Crippen molar-refractivity contribution in [1.82, 2.24) is 24.8 Å². The number of pyridine rings is 2. The van der Waals surface area contributed by atoms with Crippen LogP contribution in [0.3, 0.4) is 0 Å². The van der Waals surface area contributed by atoms with E-state index >= 15 is 0 Å². The van der Waals surface area contributed by atoms with Gasteiger partial charge in [0.25, 0.3) is 0 Å². The summed E-state index contributed by atoms with van der Waals surface area (Å²) in [6.07, 6.45) is 5.64. The van der Waals surface area contributed by atoms with Gasteiger partial charge in [-0.25, -0.2) is 4.98 Å². The first kappa shape index (κ1) is 17.6. The summed E-state index contributed by atoms with van der Waals surface area (Å²) in [4.78, 5) is 11.2. The minimum atomic E-state index is -0.0482. The fraction of sp³-hybridized carbons (Fsp3) is 0.250. The van der Waals surface area contributed by atoms with Crippen LogP contribution in [0.25, 0.3) is 5.82 Å². The van der Waals surface area contributed by atoms with E-state index in [4.69, 9.17) is 17.0 Å². The Labute approximate surface area is 163 Å². The summed E-state index contributed by atoms with van der Waals surface area (Å²) in [6, 6.07) is 15.9. The lowest BCUT2D eigenvalue weighted by atomic mass is 10.0. The molecule has 27 heavy (non-hydrogen) atoms. The molecular formula is C20H21N5OS. The molecule has 1 N–H and O–H groups in total. The van der Waals surface area contributed by atoms with Crippen molar-refractivity contribution < 1.29 is 4.74 Å². The zero-order chi connectivity index (χ0) is 18.6. The molecule has 2 atom stereocenters.